The molecular weight excluding hydrogens is 366 g/mol. The number of piperidine rings is 2. The summed E-state index contributed by atoms with van der Waals surface area (Å²) in [7, 11) is 0. The van der Waals surface area contributed by atoms with E-state index in [1.54, 1.807) is 11.8 Å². The highest BCUT2D eigenvalue weighted by atomic mass is 16.5. The van der Waals surface area contributed by atoms with Crippen LogP contribution in [-0.2, 0) is 14.3 Å². The van der Waals surface area contributed by atoms with E-state index in [1.807, 2.05) is 60.7 Å². The number of esters is 1. The van der Waals surface area contributed by atoms with Gasteiger partial charge in [0, 0.05) is 12.0 Å². The standard InChI is InChI=1S/C24H27NO4/c1-2-29-24(28)22-19-14-13-18(15-20(19)26)25(22)23(27)21(16-9-5-3-6-10-16)17-11-7-4-8-12-17/h3-12,18-22,26H,2,13-15H2,1H3. The highest BCUT2D eigenvalue weighted by molar-refractivity contribution is 5.92. The van der Waals surface area contributed by atoms with E-state index in [9.17, 15) is 14.7 Å². The SMILES string of the molecule is CCOC(=O)C1C2CCC(CC2O)N1C(=O)C(c1ccccc1)c1ccccc1. The van der Waals surface area contributed by atoms with Gasteiger partial charge in [0.1, 0.15) is 6.04 Å². The van der Waals surface area contributed by atoms with Gasteiger partial charge in [-0.2, -0.15) is 0 Å². The Kier molecular flexibility index (Phi) is 5.67. The zero-order valence-corrected chi connectivity index (χ0v) is 16.6. The fraction of sp³-hybridized carbons (Fsp3) is 0.417. The normalized spacial score (nSPS) is 25.8. The van der Waals surface area contributed by atoms with Crippen molar-refractivity contribution in [3.05, 3.63) is 71.8 Å². The first-order valence-electron chi connectivity index (χ1n) is 10.4. The Morgan fingerprint density at radius 3 is 2.14 bits per heavy atom. The smallest absolute Gasteiger partial charge is 0.329 e. The summed E-state index contributed by atoms with van der Waals surface area (Å²) < 4.78 is 5.31. The van der Waals surface area contributed by atoms with Crippen LogP contribution in [0.4, 0.5) is 0 Å². The molecule has 1 amide bonds. The minimum Gasteiger partial charge on any atom is -0.464 e. The van der Waals surface area contributed by atoms with Crippen molar-refractivity contribution in [1.82, 2.24) is 4.90 Å². The van der Waals surface area contributed by atoms with Crippen molar-refractivity contribution in [3.63, 3.8) is 0 Å². The lowest BCUT2D eigenvalue weighted by Gasteiger charge is -2.52. The second-order valence-corrected chi connectivity index (χ2v) is 7.89. The molecule has 2 heterocycles. The Labute approximate surface area is 171 Å². The average Bonchev–Trinajstić information content (AvgIpc) is 2.75. The first-order chi connectivity index (χ1) is 14.1. The molecule has 1 saturated carbocycles. The van der Waals surface area contributed by atoms with E-state index in [0.717, 1.165) is 24.0 Å². The molecule has 0 radical (unpaired) electrons. The van der Waals surface area contributed by atoms with Crippen LogP contribution in [0, 0.1) is 5.92 Å². The summed E-state index contributed by atoms with van der Waals surface area (Å²) in [5.41, 5.74) is 1.79. The topological polar surface area (TPSA) is 66.8 Å². The second-order valence-electron chi connectivity index (χ2n) is 7.89. The number of aliphatic hydroxyl groups is 1. The van der Waals surface area contributed by atoms with Crippen LogP contribution in [-0.4, -0.2) is 46.7 Å². The van der Waals surface area contributed by atoms with Crippen molar-refractivity contribution in [3.8, 4) is 0 Å². The molecule has 4 unspecified atom stereocenters. The zero-order chi connectivity index (χ0) is 20.4. The van der Waals surface area contributed by atoms with E-state index in [-0.39, 0.29) is 24.5 Å². The second kappa shape index (κ2) is 8.37. The van der Waals surface area contributed by atoms with Crippen molar-refractivity contribution in [2.24, 2.45) is 5.92 Å². The number of aliphatic hydroxyl groups excluding tert-OH is 1. The van der Waals surface area contributed by atoms with E-state index < -0.39 is 24.0 Å². The molecule has 3 aliphatic rings. The van der Waals surface area contributed by atoms with Crippen LogP contribution >= 0.6 is 0 Å². The molecule has 2 aromatic carbocycles. The van der Waals surface area contributed by atoms with Gasteiger partial charge in [0.15, 0.2) is 0 Å². The molecule has 3 fully saturated rings. The molecule has 2 saturated heterocycles. The monoisotopic (exact) mass is 393 g/mol. The number of amides is 1. The van der Waals surface area contributed by atoms with Gasteiger partial charge >= 0.3 is 5.97 Å². The Morgan fingerprint density at radius 1 is 1.03 bits per heavy atom. The van der Waals surface area contributed by atoms with Gasteiger partial charge in [-0.05, 0) is 37.3 Å². The van der Waals surface area contributed by atoms with Crippen LogP contribution in [0.2, 0.25) is 0 Å². The maximum Gasteiger partial charge on any atom is 0.329 e. The molecule has 29 heavy (non-hydrogen) atoms. The quantitative estimate of drug-likeness (QED) is 0.793. The number of carbonyl (C=O) groups is 2. The first kappa shape index (κ1) is 19.6. The summed E-state index contributed by atoms with van der Waals surface area (Å²) in [6.07, 6.45) is 1.49. The van der Waals surface area contributed by atoms with E-state index >= 15 is 0 Å². The third-order valence-corrected chi connectivity index (χ3v) is 6.23. The molecule has 0 aromatic heterocycles. The number of fused-ring (bicyclic) bond motifs is 3. The Bertz CT molecular complexity index is 814. The van der Waals surface area contributed by atoms with Crippen LogP contribution < -0.4 is 0 Å². The molecule has 5 heteroatoms. The lowest BCUT2D eigenvalue weighted by atomic mass is 9.71. The first-order valence-corrected chi connectivity index (χ1v) is 10.4. The molecular formula is C24H27NO4. The number of carbonyl (C=O) groups excluding carboxylic acids is 2. The van der Waals surface area contributed by atoms with Gasteiger partial charge in [0.2, 0.25) is 5.91 Å². The Balaban J connectivity index is 1.75. The number of hydrogen-bond acceptors (Lipinski definition) is 4. The molecule has 0 spiro atoms. The lowest BCUT2D eigenvalue weighted by molar-refractivity contribution is -0.175. The molecule has 152 valence electrons. The highest BCUT2D eigenvalue weighted by Crippen LogP contribution is 2.42. The number of ether oxygens (including phenoxy) is 1. The van der Waals surface area contributed by atoms with Crippen molar-refractivity contribution < 1.29 is 19.4 Å². The average molecular weight is 393 g/mol. The minimum atomic E-state index is -0.722. The summed E-state index contributed by atoms with van der Waals surface area (Å²) in [6, 6.07) is 18.5. The van der Waals surface area contributed by atoms with Crippen molar-refractivity contribution in [2.45, 2.75) is 50.3 Å². The van der Waals surface area contributed by atoms with E-state index in [2.05, 4.69) is 0 Å². The fourth-order valence-electron chi connectivity index (χ4n) is 4.95. The molecule has 2 aliphatic heterocycles. The molecule has 2 bridgehead atoms. The molecule has 1 N–H and O–H groups in total. The predicted octanol–water partition coefficient (Wildman–Crippen LogP) is 3.12. The van der Waals surface area contributed by atoms with E-state index in [1.165, 1.54) is 0 Å². The predicted molar refractivity (Wildman–Crippen MR) is 109 cm³/mol. The Hall–Kier alpha value is -2.66. The number of hydrogen-bond donors (Lipinski definition) is 1. The number of nitrogens with zero attached hydrogens (tertiary/aromatic N) is 1. The fourth-order valence-corrected chi connectivity index (χ4v) is 4.95. The largest absolute Gasteiger partial charge is 0.464 e. The molecule has 5 rings (SSSR count). The maximum absolute atomic E-state index is 14.0. The summed E-state index contributed by atoms with van der Waals surface area (Å²) in [4.78, 5) is 28.5. The van der Waals surface area contributed by atoms with Crippen LogP contribution in [0.15, 0.2) is 60.7 Å². The summed E-state index contributed by atoms with van der Waals surface area (Å²) in [6.45, 7) is 2.02. The van der Waals surface area contributed by atoms with Gasteiger partial charge in [-0.25, -0.2) is 4.79 Å². The van der Waals surface area contributed by atoms with Crippen molar-refractivity contribution in [2.75, 3.05) is 6.61 Å². The maximum atomic E-state index is 14.0. The van der Waals surface area contributed by atoms with Crippen LogP contribution in [0.1, 0.15) is 43.2 Å². The van der Waals surface area contributed by atoms with Gasteiger partial charge in [-0.1, -0.05) is 60.7 Å². The Morgan fingerprint density at radius 2 is 1.62 bits per heavy atom. The van der Waals surface area contributed by atoms with Crippen molar-refractivity contribution >= 4 is 11.9 Å². The van der Waals surface area contributed by atoms with Crippen LogP contribution in [0.25, 0.3) is 0 Å². The summed E-state index contributed by atoms with van der Waals surface area (Å²) in [5.74, 6) is -1.27. The molecule has 1 aliphatic carbocycles. The van der Waals surface area contributed by atoms with Crippen LogP contribution in [0.3, 0.4) is 0 Å². The zero-order valence-electron chi connectivity index (χ0n) is 16.6. The minimum absolute atomic E-state index is 0.0953. The van der Waals surface area contributed by atoms with E-state index in [4.69, 9.17) is 4.74 Å². The lowest BCUT2D eigenvalue weighted by Crippen LogP contribution is -2.65. The van der Waals surface area contributed by atoms with E-state index in [0.29, 0.717) is 6.42 Å². The molecule has 4 atom stereocenters. The number of benzene rings is 2. The van der Waals surface area contributed by atoms with Crippen LogP contribution in [0.5, 0.6) is 0 Å². The van der Waals surface area contributed by atoms with Gasteiger partial charge in [-0.15, -0.1) is 0 Å². The summed E-state index contributed by atoms with van der Waals surface area (Å²) in [5, 5.41) is 10.5. The van der Waals surface area contributed by atoms with Gasteiger partial charge < -0.3 is 14.7 Å². The third-order valence-electron chi connectivity index (χ3n) is 6.23. The summed E-state index contributed by atoms with van der Waals surface area (Å²) >= 11 is 0. The van der Waals surface area contributed by atoms with Gasteiger partial charge in [0.25, 0.3) is 0 Å². The van der Waals surface area contributed by atoms with Crippen molar-refractivity contribution in [1.29, 1.82) is 0 Å². The molecule has 5 nitrogen and oxygen atoms in total. The van der Waals surface area contributed by atoms with Gasteiger partial charge in [-0.3, -0.25) is 4.79 Å². The number of rotatable bonds is 5. The third kappa shape index (κ3) is 3.67. The highest BCUT2D eigenvalue weighted by Gasteiger charge is 2.53. The van der Waals surface area contributed by atoms with Gasteiger partial charge in [0.05, 0.1) is 18.6 Å². The molecule has 2 aromatic rings.